The maximum Gasteiger partial charge on any atom is 0.181 e. The third-order valence-electron chi connectivity index (χ3n) is 4.64. The lowest BCUT2D eigenvalue weighted by atomic mass is 9.84. The fourth-order valence-electron chi connectivity index (χ4n) is 3.21. The number of piperidine rings is 1. The molecule has 1 aromatic heterocycles. The molecule has 4 nitrogen and oxygen atoms in total. The first-order valence-corrected chi connectivity index (χ1v) is 8.49. The maximum absolute atomic E-state index is 10.9. The first kappa shape index (κ1) is 16.5. The minimum Gasteiger partial charge on any atom is -0.448 e. The van der Waals surface area contributed by atoms with Crippen molar-refractivity contribution in [3.05, 3.63) is 52.7 Å². The minimum atomic E-state index is -0.758. The van der Waals surface area contributed by atoms with E-state index in [1.807, 2.05) is 24.3 Å². The van der Waals surface area contributed by atoms with E-state index in [-0.39, 0.29) is 0 Å². The Balaban J connectivity index is 1.64. The first-order chi connectivity index (χ1) is 11.0. The Morgan fingerprint density at radius 2 is 1.91 bits per heavy atom. The molecule has 1 aromatic carbocycles. The highest BCUT2D eigenvalue weighted by Gasteiger charge is 2.34. The molecule has 2 heterocycles. The van der Waals surface area contributed by atoms with Crippen LogP contribution in [-0.4, -0.2) is 28.1 Å². The largest absolute Gasteiger partial charge is 0.448 e. The van der Waals surface area contributed by atoms with Crippen molar-refractivity contribution in [2.45, 2.75) is 44.8 Å². The zero-order chi connectivity index (χ0) is 16.4. The number of likely N-dealkylation sites (tertiary alicyclic amines) is 1. The molecule has 23 heavy (non-hydrogen) atoms. The molecule has 2 aromatic rings. The fourth-order valence-corrected chi connectivity index (χ4v) is 3.33. The summed E-state index contributed by atoms with van der Waals surface area (Å²) < 4.78 is 5.49. The third-order valence-corrected chi connectivity index (χ3v) is 4.89. The minimum absolute atomic E-state index is 0.336. The van der Waals surface area contributed by atoms with E-state index in [1.54, 1.807) is 0 Å². The number of oxazole rings is 1. The maximum atomic E-state index is 10.9. The number of hydrogen-bond acceptors (Lipinski definition) is 4. The van der Waals surface area contributed by atoms with E-state index < -0.39 is 5.60 Å². The number of aromatic nitrogens is 1. The van der Waals surface area contributed by atoms with Crippen molar-refractivity contribution < 1.29 is 9.52 Å². The second-order valence-corrected chi connectivity index (χ2v) is 7.07. The summed E-state index contributed by atoms with van der Waals surface area (Å²) in [6, 6.07) is 7.52. The van der Waals surface area contributed by atoms with E-state index in [1.165, 1.54) is 6.39 Å². The molecule has 3 rings (SSSR count). The van der Waals surface area contributed by atoms with Gasteiger partial charge in [-0.05, 0) is 30.5 Å². The van der Waals surface area contributed by atoms with Gasteiger partial charge in [0, 0.05) is 30.6 Å². The van der Waals surface area contributed by atoms with E-state index in [9.17, 15) is 5.11 Å². The molecule has 5 heteroatoms. The molecule has 0 unspecified atom stereocenters. The molecule has 0 aliphatic carbocycles. The summed E-state index contributed by atoms with van der Waals surface area (Å²) in [5, 5.41) is 11.6. The second kappa shape index (κ2) is 6.63. The van der Waals surface area contributed by atoms with Crippen LogP contribution in [0.5, 0.6) is 0 Å². The molecule has 1 aliphatic heterocycles. The van der Waals surface area contributed by atoms with Crippen LogP contribution in [0.1, 0.15) is 49.6 Å². The molecule has 1 saturated heterocycles. The van der Waals surface area contributed by atoms with Crippen molar-refractivity contribution in [2.24, 2.45) is 0 Å². The highest BCUT2D eigenvalue weighted by atomic mass is 35.5. The summed E-state index contributed by atoms with van der Waals surface area (Å²) in [6.45, 7) is 6.67. The Morgan fingerprint density at radius 1 is 1.26 bits per heavy atom. The Hall–Kier alpha value is -1.36. The van der Waals surface area contributed by atoms with Crippen LogP contribution in [0.15, 0.2) is 35.1 Å². The van der Waals surface area contributed by atoms with Crippen molar-refractivity contribution in [1.82, 2.24) is 9.88 Å². The highest BCUT2D eigenvalue weighted by Crippen LogP contribution is 2.34. The van der Waals surface area contributed by atoms with Gasteiger partial charge in [0.2, 0.25) is 0 Å². The van der Waals surface area contributed by atoms with Gasteiger partial charge in [0.1, 0.15) is 5.76 Å². The standard InChI is InChI=1S/C18H23ClN2O2/c1-13(2)17-16(20-12-23-17)11-21-9-7-18(22,8-10-21)14-3-5-15(19)6-4-14/h3-6,12-13,22H,7-11H2,1-2H3. The van der Waals surface area contributed by atoms with Crippen molar-refractivity contribution in [3.8, 4) is 0 Å². The molecule has 0 atom stereocenters. The van der Waals surface area contributed by atoms with E-state index in [0.717, 1.165) is 36.7 Å². The lowest BCUT2D eigenvalue weighted by Crippen LogP contribution is -2.42. The van der Waals surface area contributed by atoms with Crippen LogP contribution in [0, 0.1) is 0 Å². The summed E-state index contributed by atoms with van der Waals surface area (Å²) in [5.41, 5.74) is 1.20. The van der Waals surface area contributed by atoms with Crippen molar-refractivity contribution in [1.29, 1.82) is 0 Å². The molecule has 1 aliphatic rings. The van der Waals surface area contributed by atoms with Crippen molar-refractivity contribution >= 4 is 11.6 Å². The predicted molar refractivity (Wildman–Crippen MR) is 90.5 cm³/mol. The zero-order valence-corrected chi connectivity index (χ0v) is 14.4. The van der Waals surface area contributed by atoms with Crippen LogP contribution in [0.2, 0.25) is 5.02 Å². The average molecular weight is 335 g/mol. The monoisotopic (exact) mass is 334 g/mol. The Bertz CT molecular complexity index is 643. The highest BCUT2D eigenvalue weighted by molar-refractivity contribution is 6.30. The van der Waals surface area contributed by atoms with Crippen LogP contribution in [0.3, 0.4) is 0 Å². The molecule has 1 fully saturated rings. The van der Waals surface area contributed by atoms with Gasteiger partial charge in [0.05, 0.1) is 11.3 Å². The fraction of sp³-hybridized carbons (Fsp3) is 0.500. The molecular formula is C18H23ClN2O2. The summed E-state index contributed by atoms with van der Waals surface area (Å²) in [6.07, 6.45) is 2.95. The van der Waals surface area contributed by atoms with E-state index >= 15 is 0 Å². The van der Waals surface area contributed by atoms with Gasteiger partial charge >= 0.3 is 0 Å². The van der Waals surface area contributed by atoms with Crippen LogP contribution >= 0.6 is 11.6 Å². The van der Waals surface area contributed by atoms with Gasteiger partial charge in [0.15, 0.2) is 6.39 Å². The first-order valence-electron chi connectivity index (χ1n) is 8.11. The van der Waals surface area contributed by atoms with Crippen LogP contribution in [0.25, 0.3) is 0 Å². The molecule has 124 valence electrons. The molecular weight excluding hydrogens is 312 g/mol. The van der Waals surface area contributed by atoms with E-state index in [4.69, 9.17) is 16.0 Å². The summed E-state index contributed by atoms with van der Waals surface area (Å²) in [5.74, 6) is 1.30. The van der Waals surface area contributed by atoms with Crippen LogP contribution < -0.4 is 0 Å². The van der Waals surface area contributed by atoms with Crippen molar-refractivity contribution in [2.75, 3.05) is 13.1 Å². The number of benzene rings is 1. The summed E-state index contributed by atoms with van der Waals surface area (Å²) >= 11 is 5.93. The molecule has 0 amide bonds. The van der Waals surface area contributed by atoms with E-state index in [2.05, 4.69) is 23.7 Å². The zero-order valence-electron chi connectivity index (χ0n) is 13.6. The second-order valence-electron chi connectivity index (χ2n) is 6.63. The lowest BCUT2D eigenvalue weighted by molar-refractivity contribution is -0.0280. The quantitative estimate of drug-likeness (QED) is 0.920. The summed E-state index contributed by atoms with van der Waals surface area (Å²) in [4.78, 5) is 6.68. The van der Waals surface area contributed by atoms with Gasteiger partial charge in [-0.2, -0.15) is 0 Å². The normalized spacial score (nSPS) is 18.5. The topological polar surface area (TPSA) is 49.5 Å². The number of hydrogen-bond donors (Lipinski definition) is 1. The average Bonchev–Trinajstić information content (AvgIpc) is 2.99. The van der Waals surface area contributed by atoms with Crippen LogP contribution in [0.4, 0.5) is 0 Å². The van der Waals surface area contributed by atoms with Gasteiger partial charge in [-0.1, -0.05) is 37.6 Å². The smallest absolute Gasteiger partial charge is 0.181 e. The lowest BCUT2D eigenvalue weighted by Gasteiger charge is -2.38. The van der Waals surface area contributed by atoms with Gasteiger partial charge in [-0.15, -0.1) is 0 Å². The van der Waals surface area contributed by atoms with Gasteiger partial charge in [-0.3, -0.25) is 4.90 Å². The van der Waals surface area contributed by atoms with Crippen LogP contribution in [-0.2, 0) is 12.1 Å². The third kappa shape index (κ3) is 3.60. The number of aliphatic hydroxyl groups is 1. The Labute approximate surface area is 142 Å². The number of rotatable bonds is 4. The van der Waals surface area contributed by atoms with Crippen molar-refractivity contribution in [3.63, 3.8) is 0 Å². The molecule has 1 N–H and O–H groups in total. The molecule has 0 bridgehead atoms. The summed E-state index contributed by atoms with van der Waals surface area (Å²) in [7, 11) is 0. The van der Waals surface area contributed by atoms with Gasteiger partial charge in [-0.25, -0.2) is 4.98 Å². The Morgan fingerprint density at radius 3 is 2.52 bits per heavy atom. The predicted octanol–water partition coefficient (Wildman–Crippen LogP) is 3.94. The Kier molecular flexibility index (Phi) is 4.76. The SMILES string of the molecule is CC(C)c1ocnc1CN1CCC(O)(c2ccc(Cl)cc2)CC1. The van der Waals surface area contributed by atoms with E-state index in [0.29, 0.717) is 23.8 Å². The molecule has 0 saturated carbocycles. The molecule has 0 spiro atoms. The number of nitrogens with zero attached hydrogens (tertiary/aromatic N) is 2. The van der Waals surface area contributed by atoms with Gasteiger partial charge < -0.3 is 9.52 Å². The number of halogens is 1. The van der Waals surface area contributed by atoms with Gasteiger partial charge in [0.25, 0.3) is 0 Å². The molecule has 0 radical (unpaired) electrons.